The predicted molar refractivity (Wildman–Crippen MR) is 154 cm³/mol. The van der Waals surface area contributed by atoms with E-state index in [1.165, 1.54) is 31.7 Å². The van der Waals surface area contributed by atoms with Crippen LogP contribution in [0.25, 0.3) is 0 Å². The Bertz CT molecular complexity index is 804. The molecule has 0 radical (unpaired) electrons. The van der Waals surface area contributed by atoms with E-state index in [-0.39, 0.29) is 11.9 Å². The van der Waals surface area contributed by atoms with E-state index in [0.29, 0.717) is 6.54 Å². The Labute approximate surface area is 219 Å². The number of nitrogens with zero attached hydrogens (tertiary/aromatic N) is 4. The highest BCUT2D eigenvalue weighted by molar-refractivity contribution is 5.83. The van der Waals surface area contributed by atoms with Gasteiger partial charge in [0.25, 0.3) is 0 Å². The highest BCUT2D eigenvalue weighted by Gasteiger charge is 2.28. The minimum absolute atomic E-state index is 0.234. The van der Waals surface area contributed by atoms with Gasteiger partial charge in [-0.25, -0.2) is 0 Å². The molecule has 2 saturated heterocycles. The van der Waals surface area contributed by atoms with Crippen LogP contribution in [0.4, 0.5) is 0 Å². The van der Waals surface area contributed by atoms with Crippen molar-refractivity contribution in [2.75, 3.05) is 39.3 Å². The average molecular weight is 500 g/mol. The molecule has 7 nitrogen and oxygen atoms in total. The van der Waals surface area contributed by atoms with Gasteiger partial charge in [-0.1, -0.05) is 38.2 Å². The van der Waals surface area contributed by atoms with E-state index in [0.717, 1.165) is 56.6 Å². The molecular weight excluding hydrogens is 450 g/mol. The summed E-state index contributed by atoms with van der Waals surface area (Å²) in [6.45, 7) is 18.9. The lowest BCUT2D eigenvalue weighted by Gasteiger charge is -2.42. The molecule has 2 rings (SSSR count). The van der Waals surface area contributed by atoms with E-state index < -0.39 is 0 Å². The second-order valence-corrected chi connectivity index (χ2v) is 8.68. The molecule has 2 aliphatic heterocycles. The number of piperazine rings is 1. The number of allylic oxidation sites excluding steroid dienone is 7. The smallest absolute Gasteiger partial charge is 0.237 e. The Morgan fingerprint density at radius 1 is 1.06 bits per heavy atom. The molecule has 0 aromatic heterocycles. The molecule has 2 aliphatic rings. The van der Waals surface area contributed by atoms with Gasteiger partial charge in [0.15, 0.2) is 0 Å². The summed E-state index contributed by atoms with van der Waals surface area (Å²) in [6, 6.07) is 0.234. The van der Waals surface area contributed by atoms with E-state index in [2.05, 4.69) is 45.7 Å². The number of rotatable bonds is 9. The Morgan fingerprint density at radius 3 is 2.25 bits per heavy atom. The second kappa shape index (κ2) is 20.4. The number of aldehydes is 1. The first kappa shape index (κ1) is 33.2. The predicted octanol–water partition coefficient (Wildman–Crippen LogP) is 5.27. The van der Waals surface area contributed by atoms with Crippen molar-refractivity contribution in [3.63, 3.8) is 0 Å². The summed E-state index contributed by atoms with van der Waals surface area (Å²) >= 11 is 0. The van der Waals surface area contributed by atoms with E-state index in [4.69, 9.17) is 10.2 Å². The van der Waals surface area contributed by atoms with E-state index in [1.54, 1.807) is 6.20 Å². The van der Waals surface area contributed by atoms with Crippen LogP contribution >= 0.6 is 0 Å². The SMILES string of the molecule is C/C=C\C(C=N/C=C(/C)C=N)=CC/C=C(\C)N1CCN(C(=O)CN2CCCC2)C(C)C1.CC.CC=O. The van der Waals surface area contributed by atoms with E-state index in [1.807, 2.05) is 46.1 Å². The fourth-order valence-corrected chi connectivity index (χ4v) is 4.00. The molecule has 1 amide bonds. The van der Waals surface area contributed by atoms with Crippen LogP contribution < -0.4 is 0 Å². The summed E-state index contributed by atoms with van der Waals surface area (Å²) in [4.78, 5) is 32.5. The fourth-order valence-electron chi connectivity index (χ4n) is 4.00. The number of likely N-dealkylation sites (tertiary alicyclic amines) is 1. The van der Waals surface area contributed by atoms with Crippen molar-refractivity contribution in [3.8, 4) is 0 Å². The Balaban J connectivity index is 0.00000227. The Kier molecular flexibility index (Phi) is 18.8. The minimum Gasteiger partial charge on any atom is -0.371 e. The van der Waals surface area contributed by atoms with Crippen molar-refractivity contribution in [2.24, 2.45) is 4.99 Å². The summed E-state index contributed by atoms with van der Waals surface area (Å²) in [5.41, 5.74) is 3.12. The van der Waals surface area contributed by atoms with Crippen LogP contribution in [0.15, 0.2) is 52.3 Å². The van der Waals surface area contributed by atoms with E-state index >= 15 is 0 Å². The highest BCUT2D eigenvalue weighted by Crippen LogP contribution is 2.16. The van der Waals surface area contributed by atoms with Crippen molar-refractivity contribution < 1.29 is 9.59 Å². The fraction of sp³-hybridized carbons (Fsp3) is 0.586. The summed E-state index contributed by atoms with van der Waals surface area (Å²) in [6.07, 6.45) is 17.3. The summed E-state index contributed by atoms with van der Waals surface area (Å²) in [7, 11) is 0. The quantitative estimate of drug-likeness (QED) is 0.266. The molecule has 0 bridgehead atoms. The monoisotopic (exact) mass is 499 g/mol. The lowest BCUT2D eigenvalue weighted by Crippen LogP contribution is -2.55. The van der Waals surface area contributed by atoms with Crippen LogP contribution in [0.5, 0.6) is 0 Å². The first-order valence-corrected chi connectivity index (χ1v) is 13.2. The topological polar surface area (TPSA) is 80.1 Å². The van der Waals surface area contributed by atoms with Crippen LogP contribution in [0.3, 0.4) is 0 Å². The molecule has 1 atom stereocenters. The molecule has 0 aliphatic carbocycles. The minimum atomic E-state index is 0.234. The van der Waals surface area contributed by atoms with Gasteiger partial charge in [-0.15, -0.1) is 0 Å². The summed E-state index contributed by atoms with van der Waals surface area (Å²) in [5.74, 6) is 0.279. The molecule has 1 unspecified atom stereocenters. The van der Waals surface area contributed by atoms with Crippen molar-refractivity contribution in [3.05, 3.63) is 47.3 Å². The van der Waals surface area contributed by atoms with Crippen molar-refractivity contribution in [1.82, 2.24) is 14.7 Å². The number of carbonyl (C=O) groups excluding carboxylic acids is 2. The van der Waals surface area contributed by atoms with Gasteiger partial charge in [0, 0.05) is 50.0 Å². The largest absolute Gasteiger partial charge is 0.371 e. The number of hydrogen-bond acceptors (Lipinski definition) is 6. The third-order valence-electron chi connectivity index (χ3n) is 5.86. The van der Waals surface area contributed by atoms with Crippen LogP contribution in [0.1, 0.15) is 67.7 Å². The standard InChI is InChI=1S/C25H39N5O.C2H4O.C2H6/c1-5-9-24(18-27-17-21(2)16-26)11-8-10-22(3)29-14-15-30(23(4)19-29)25(31)20-28-12-6-7-13-28;1-2-3;1-2/h5,9-11,16-18,23,26H,6-8,12-15,19-20H2,1-4H3;2H,1H3;1-2H3/b9-5-,21-17-,22-10+,24-11?,26-16?,27-18?;;. The molecule has 1 N–H and O–H groups in total. The molecule has 202 valence electrons. The number of nitrogens with one attached hydrogen (secondary N) is 1. The Hall–Kier alpha value is -2.80. The maximum atomic E-state index is 12.7. The van der Waals surface area contributed by atoms with Crippen LogP contribution in [0, 0.1) is 5.41 Å². The van der Waals surface area contributed by atoms with E-state index in [9.17, 15) is 4.79 Å². The molecule has 36 heavy (non-hydrogen) atoms. The van der Waals surface area contributed by atoms with Gasteiger partial charge in [-0.3, -0.25) is 14.7 Å². The number of carbonyl (C=O) groups is 2. The Morgan fingerprint density at radius 2 is 1.69 bits per heavy atom. The zero-order valence-electron chi connectivity index (χ0n) is 23.7. The lowest BCUT2D eigenvalue weighted by molar-refractivity contribution is -0.136. The summed E-state index contributed by atoms with van der Waals surface area (Å²) < 4.78 is 0. The molecule has 0 spiro atoms. The third-order valence-corrected chi connectivity index (χ3v) is 5.86. The number of aliphatic imine (C=N–C) groups is 1. The van der Waals surface area contributed by atoms with Crippen molar-refractivity contribution >= 4 is 24.6 Å². The van der Waals surface area contributed by atoms with Crippen molar-refractivity contribution in [1.29, 1.82) is 5.41 Å². The first-order chi connectivity index (χ1) is 17.4. The van der Waals surface area contributed by atoms with Gasteiger partial charge in [0.05, 0.1) is 6.54 Å². The number of amides is 1. The summed E-state index contributed by atoms with van der Waals surface area (Å²) in [5, 5.41) is 7.20. The van der Waals surface area contributed by atoms with Crippen LogP contribution in [-0.2, 0) is 9.59 Å². The van der Waals surface area contributed by atoms with Gasteiger partial charge in [-0.05, 0) is 78.1 Å². The molecule has 0 aromatic carbocycles. The van der Waals surface area contributed by atoms with Crippen molar-refractivity contribution in [2.45, 2.75) is 73.8 Å². The molecule has 0 aromatic rings. The average Bonchev–Trinajstić information content (AvgIpc) is 3.38. The van der Waals surface area contributed by atoms with Gasteiger partial charge >= 0.3 is 0 Å². The highest BCUT2D eigenvalue weighted by atomic mass is 16.2. The molecule has 2 heterocycles. The van der Waals surface area contributed by atoms with Gasteiger partial charge in [-0.2, -0.15) is 0 Å². The zero-order chi connectivity index (χ0) is 27.3. The molecule has 0 saturated carbocycles. The molecule has 7 heteroatoms. The van der Waals surface area contributed by atoms with Gasteiger partial charge in [0.1, 0.15) is 6.29 Å². The zero-order valence-corrected chi connectivity index (χ0v) is 23.7. The first-order valence-electron chi connectivity index (χ1n) is 13.2. The molecule has 2 fully saturated rings. The van der Waals surface area contributed by atoms with Gasteiger partial charge in [0.2, 0.25) is 5.91 Å². The normalized spacial score (nSPS) is 19.6. The molecular formula is C29H49N5O2. The number of hydrogen-bond donors (Lipinski definition) is 1. The maximum absolute atomic E-state index is 12.7. The maximum Gasteiger partial charge on any atom is 0.237 e. The van der Waals surface area contributed by atoms with Gasteiger partial charge < -0.3 is 20.0 Å². The van der Waals surface area contributed by atoms with Crippen LogP contribution in [-0.4, -0.2) is 84.6 Å². The second-order valence-electron chi connectivity index (χ2n) is 8.68. The lowest BCUT2D eigenvalue weighted by atomic mass is 10.1. The van der Waals surface area contributed by atoms with Crippen LogP contribution in [0.2, 0.25) is 0 Å². The third kappa shape index (κ3) is 13.3.